The minimum absolute atomic E-state index is 0.0541. The first-order valence-electron chi connectivity index (χ1n) is 8.39. The minimum Gasteiger partial charge on any atom is -0.341 e. The van der Waals surface area contributed by atoms with E-state index in [1.165, 1.54) is 0 Å². The Morgan fingerprint density at radius 2 is 1.54 bits per heavy atom. The number of nitro groups is 1. The van der Waals surface area contributed by atoms with E-state index in [1.807, 2.05) is 53.7 Å². The molecule has 26 heavy (non-hydrogen) atoms. The number of hydrogen-bond donors (Lipinski definition) is 0. The van der Waals surface area contributed by atoms with Crippen LogP contribution in [-0.2, 0) is 9.84 Å². The smallest absolute Gasteiger partial charge is 0.196 e. The van der Waals surface area contributed by atoms with Crippen molar-refractivity contribution in [2.45, 2.75) is 69.2 Å². The SMILES string of the molecule is CC(C)c1cc(C(C)C)c(S(=O)(=O)c2[c-]n([N+](=O)[O-])nn2)c(C(C)C)c1. The fourth-order valence-corrected chi connectivity index (χ4v) is 4.45. The molecule has 0 amide bonds. The Morgan fingerprint density at radius 1 is 1.04 bits per heavy atom. The summed E-state index contributed by atoms with van der Waals surface area (Å²) in [4.78, 5) is 11.1. The molecule has 0 unspecified atom stereocenters. The van der Waals surface area contributed by atoms with Gasteiger partial charge in [0.2, 0.25) is 0 Å². The predicted molar refractivity (Wildman–Crippen MR) is 95.4 cm³/mol. The van der Waals surface area contributed by atoms with Crippen LogP contribution in [0.25, 0.3) is 0 Å². The van der Waals surface area contributed by atoms with Gasteiger partial charge in [0.15, 0.2) is 9.84 Å². The lowest BCUT2D eigenvalue weighted by atomic mass is 9.89. The molecule has 1 aromatic heterocycles. The van der Waals surface area contributed by atoms with E-state index in [2.05, 4.69) is 16.5 Å². The summed E-state index contributed by atoms with van der Waals surface area (Å²) in [5.74, 6) is 0.131. The van der Waals surface area contributed by atoms with Gasteiger partial charge in [0.05, 0.1) is 9.92 Å². The zero-order valence-corrected chi connectivity index (χ0v) is 16.5. The lowest BCUT2D eigenvalue weighted by Crippen LogP contribution is -2.13. The van der Waals surface area contributed by atoms with E-state index in [0.717, 1.165) is 5.56 Å². The number of rotatable bonds is 6. The molecule has 1 aromatic carbocycles. The number of benzene rings is 1. The second kappa shape index (κ2) is 7.14. The maximum absolute atomic E-state index is 13.2. The Labute approximate surface area is 153 Å². The average molecular weight is 379 g/mol. The molecule has 0 atom stereocenters. The van der Waals surface area contributed by atoms with Crippen molar-refractivity contribution in [1.82, 2.24) is 15.1 Å². The maximum Gasteiger partial charge on any atom is 0.196 e. The van der Waals surface area contributed by atoms with Crippen LogP contribution in [0.3, 0.4) is 0 Å². The van der Waals surface area contributed by atoms with Crippen LogP contribution < -0.4 is 0 Å². The van der Waals surface area contributed by atoms with Crippen molar-refractivity contribution >= 4 is 9.84 Å². The Balaban J connectivity index is 2.82. The Morgan fingerprint density at radius 3 is 1.88 bits per heavy atom. The van der Waals surface area contributed by atoms with E-state index in [-0.39, 0.29) is 27.4 Å². The normalized spacial score (nSPS) is 12.3. The van der Waals surface area contributed by atoms with Gasteiger partial charge in [-0.2, -0.15) is 0 Å². The molecule has 0 saturated heterocycles. The van der Waals surface area contributed by atoms with Gasteiger partial charge in [-0.15, -0.1) is 4.79 Å². The fourth-order valence-electron chi connectivity index (χ4n) is 2.70. The van der Waals surface area contributed by atoms with Crippen molar-refractivity contribution in [1.29, 1.82) is 0 Å². The molecule has 0 radical (unpaired) electrons. The molecule has 0 bridgehead atoms. The van der Waals surface area contributed by atoms with Gasteiger partial charge in [0.25, 0.3) is 0 Å². The number of hydrogen-bond acceptors (Lipinski definition) is 6. The number of sulfone groups is 1. The van der Waals surface area contributed by atoms with Crippen LogP contribution in [0.2, 0.25) is 0 Å². The molecule has 1 heterocycles. The van der Waals surface area contributed by atoms with Gasteiger partial charge in [0.1, 0.15) is 5.21 Å². The highest BCUT2D eigenvalue weighted by molar-refractivity contribution is 7.91. The summed E-state index contributed by atoms with van der Waals surface area (Å²) >= 11 is 0. The molecule has 0 fully saturated rings. The van der Waals surface area contributed by atoms with Crippen molar-refractivity contribution in [2.24, 2.45) is 0 Å². The molecule has 8 nitrogen and oxygen atoms in total. The third kappa shape index (κ3) is 3.62. The Hall–Kier alpha value is -2.29. The fraction of sp³-hybridized carbons (Fsp3) is 0.529. The second-order valence-corrected chi connectivity index (χ2v) is 8.93. The summed E-state index contributed by atoms with van der Waals surface area (Å²) in [6.07, 6.45) is 2.13. The highest BCUT2D eigenvalue weighted by Crippen LogP contribution is 2.37. The highest BCUT2D eigenvalue weighted by atomic mass is 32.2. The lowest BCUT2D eigenvalue weighted by molar-refractivity contribution is -0.554. The molecule has 0 spiro atoms. The van der Waals surface area contributed by atoms with E-state index in [1.54, 1.807) is 0 Å². The van der Waals surface area contributed by atoms with Crippen molar-refractivity contribution < 1.29 is 13.5 Å². The standard InChI is InChI=1S/C17H23N4O4S/c1-10(2)13-7-14(11(3)4)17(15(8-13)12(5)6)26(24,25)16-9-20(19-18-16)21(22)23/h7-8,10-12H,1-6H3/q-1. The van der Waals surface area contributed by atoms with Crippen molar-refractivity contribution in [3.63, 3.8) is 0 Å². The van der Waals surface area contributed by atoms with Crippen LogP contribution in [0.4, 0.5) is 0 Å². The van der Waals surface area contributed by atoms with Crippen LogP contribution in [0.1, 0.15) is 76.0 Å². The van der Waals surface area contributed by atoms with Gasteiger partial charge in [0, 0.05) is 5.03 Å². The van der Waals surface area contributed by atoms with Gasteiger partial charge < -0.3 is 10.1 Å². The van der Waals surface area contributed by atoms with Crippen molar-refractivity contribution in [3.8, 4) is 0 Å². The summed E-state index contributed by atoms with van der Waals surface area (Å²) in [5.41, 5.74) is 2.39. The molecule has 0 N–H and O–H groups in total. The highest BCUT2D eigenvalue weighted by Gasteiger charge is 2.28. The number of nitrogens with zero attached hydrogens (tertiary/aromatic N) is 4. The van der Waals surface area contributed by atoms with E-state index in [4.69, 9.17) is 0 Å². The molecule has 2 rings (SSSR count). The molecule has 0 aliphatic rings. The van der Waals surface area contributed by atoms with Crippen molar-refractivity contribution in [3.05, 3.63) is 45.1 Å². The van der Waals surface area contributed by atoms with Crippen LogP contribution in [0.15, 0.2) is 22.1 Å². The monoisotopic (exact) mass is 379 g/mol. The first-order valence-corrected chi connectivity index (χ1v) is 9.87. The average Bonchev–Trinajstić information content (AvgIpc) is 3.04. The molecule has 2 aromatic rings. The second-order valence-electron chi connectivity index (χ2n) is 7.13. The third-order valence-corrected chi connectivity index (χ3v) is 5.86. The zero-order valence-electron chi connectivity index (χ0n) is 15.7. The van der Waals surface area contributed by atoms with Gasteiger partial charge in [-0.3, -0.25) is 0 Å². The van der Waals surface area contributed by atoms with Crippen LogP contribution in [0.5, 0.6) is 0 Å². The van der Waals surface area contributed by atoms with E-state index >= 15 is 0 Å². The van der Waals surface area contributed by atoms with Crippen LogP contribution in [0, 0.1) is 16.3 Å². The van der Waals surface area contributed by atoms with Gasteiger partial charge in [-0.1, -0.05) is 53.7 Å². The molecular weight excluding hydrogens is 356 g/mol. The van der Waals surface area contributed by atoms with Crippen LogP contribution in [-0.4, -0.2) is 28.6 Å². The van der Waals surface area contributed by atoms with E-state index < -0.39 is 19.9 Å². The molecule has 142 valence electrons. The van der Waals surface area contributed by atoms with E-state index in [0.29, 0.717) is 11.1 Å². The quantitative estimate of drug-likeness (QED) is 0.433. The Bertz CT molecular complexity index is 901. The summed E-state index contributed by atoms with van der Waals surface area (Å²) in [6, 6.07) is 3.79. The molecule has 0 aliphatic heterocycles. The lowest BCUT2D eigenvalue weighted by Gasteiger charge is -2.23. The number of aromatic nitrogens is 3. The first-order chi connectivity index (χ1) is 12.0. The van der Waals surface area contributed by atoms with Crippen molar-refractivity contribution in [2.75, 3.05) is 0 Å². The first kappa shape index (κ1) is 20.0. The van der Waals surface area contributed by atoms with Gasteiger partial charge >= 0.3 is 0 Å². The Kier molecular flexibility index (Phi) is 5.50. The molecule has 0 aliphatic carbocycles. The summed E-state index contributed by atoms with van der Waals surface area (Å²) in [5, 5.41) is 16.1. The molecular formula is C17H23N4O4S-. The molecule has 0 saturated carbocycles. The van der Waals surface area contributed by atoms with E-state index in [9.17, 15) is 18.5 Å². The summed E-state index contributed by atoms with van der Waals surface area (Å²) in [6.45, 7) is 11.8. The minimum atomic E-state index is -4.10. The third-order valence-electron chi connectivity index (χ3n) is 4.17. The van der Waals surface area contributed by atoms with Gasteiger partial charge in [-0.05, 0) is 39.5 Å². The zero-order chi connectivity index (χ0) is 19.8. The van der Waals surface area contributed by atoms with Gasteiger partial charge in [-0.25, -0.2) is 14.6 Å². The molecule has 9 heteroatoms. The summed E-state index contributed by atoms with van der Waals surface area (Å²) in [7, 11) is -4.10. The largest absolute Gasteiger partial charge is 0.341 e. The summed E-state index contributed by atoms with van der Waals surface area (Å²) < 4.78 is 26.5. The van der Waals surface area contributed by atoms with Crippen LogP contribution >= 0.6 is 0 Å². The maximum atomic E-state index is 13.2. The topological polar surface area (TPSA) is 108 Å². The predicted octanol–water partition coefficient (Wildman–Crippen LogP) is 3.32.